The molecule has 380 valence electrons. The van der Waals surface area contributed by atoms with Crippen molar-refractivity contribution in [2.24, 2.45) is 0 Å². The van der Waals surface area contributed by atoms with Crippen molar-refractivity contribution < 1.29 is 5.11 Å². The Hall–Kier alpha value is -7.82. The summed E-state index contributed by atoms with van der Waals surface area (Å²) >= 11 is 0. The number of aromatic hydroxyl groups is 1. The lowest BCUT2D eigenvalue weighted by Crippen LogP contribution is -2.17. The molecule has 2 heterocycles. The molecular weight excluding hydrogens is 923 g/mol. The van der Waals surface area contributed by atoms with Crippen LogP contribution in [-0.4, -0.2) is 19.6 Å². The van der Waals surface area contributed by atoms with Crippen LogP contribution in [-0.2, 0) is 21.7 Å². The Labute approximate surface area is 450 Å². The number of rotatable bonds is 6. The summed E-state index contributed by atoms with van der Waals surface area (Å²) in [5.74, 6) is 0.952. The van der Waals surface area contributed by atoms with E-state index in [1.54, 1.807) is 0 Å². The SMILES string of the molecule is Cc1cc2c3ccccc3c3ccccc3c2c(C)c1-c1ccnc(-c2cc(-c3cccc4c3nc(-c3cc(C(C)(C)C)cc(C(C)(C)C)c3O)n4-c3ccc(C(C)(C)C)cc3-c3ccccc3)cc(C(C)(C)C)c2)c1. The van der Waals surface area contributed by atoms with Crippen molar-refractivity contribution in [3.05, 3.63) is 203 Å². The Morgan fingerprint density at radius 3 is 1.68 bits per heavy atom. The van der Waals surface area contributed by atoms with Crippen molar-refractivity contribution in [1.29, 1.82) is 0 Å². The predicted octanol–water partition coefficient (Wildman–Crippen LogP) is 19.7. The fourth-order valence-electron chi connectivity index (χ4n) is 11.6. The number of pyridine rings is 1. The second kappa shape index (κ2) is 18.2. The van der Waals surface area contributed by atoms with Gasteiger partial charge in [0.1, 0.15) is 11.6 Å². The molecule has 11 aromatic rings. The highest BCUT2D eigenvalue weighted by atomic mass is 16.3. The van der Waals surface area contributed by atoms with Crippen LogP contribution in [0.25, 0.3) is 105 Å². The average molecular weight is 994 g/mol. The number of fused-ring (bicyclic) bond motifs is 7. The van der Waals surface area contributed by atoms with Crippen LogP contribution in [0.2, 0.25) is 0 Å². The number of aromatic nitrogens is 3. The number of phenolic OH excluding ortho intramolecular Hbond substituents is 1. The summed E-state index contributed by atoms with van der Waals surface area (Å²) in [7, 11) is 0. The van der Waals surface area contributed by atoms with E-state index in [1.807, 2.05) is 6.20 Å². The van der Waals surface area contributed by atoms with E-state index in [1.165, 1.54) is 60.1 Å². The van der Waals surface area contributed by atoms with Crippen molar-refractivity contribution in [3.63, 3.8) is 0 Å². The minimum absolute atomic E-state index is 0.0858. The van der Waals surface area contributed by atoms with E-state index in [-0.39, 0.29) is 27.4 Å². The summed E-state index contributed by atoms with van der Waals surface area (Å²) in [5, 5.41) is 20.4. The lowest BCUT2D eigenvalue weighted by Gasteiger charge is -2.28. The average Bonchev–Trinajstić information content (AvgIpc) is 3.84. The molecule has 4 heteroatoms. The maximum atomic E-state index is 12.7. The van der Waals surface area contributed by atoms with Gasteiger partial charge in [0.25, 0.3) is 0 Å². The van der Waals surface area contributed by atoms with Gasteiger partial charge in [-0.3, -0.25) is 9.55 Å². The molecule has 0 unspecified atom stereocenters. The van der Waals surface area contributed by atoms with Crippen LogP contribution in [0.5, 0.6) is 5.75 Å². The van der Waals surface area contributed by atoms with Gasteiger partial charge in [-0.25, -0.2) is 4.98 Å². The Morgan fingerprint density at radius 2 is 1.03 bits per heavy atom. The molecule has 0 saturated heterocycles. The fraction of sp³-hybridized carbons (Fsp3) is 0.250. The van der Waals surface area contributed by atoms with Crippen molar-refractivity contribution in [2.45, 2.75) is 119 Å². The molecule has 0 saturated carbocycles. The van der Waals surface area contributed by atoms with Gasteiger partial charge in [0, 0.05) is 28.5 Å². The molecule has 1 N–H and O–H groups in total. The molecule has 0 amide bonds. The van der Waals surface area contributed by atoms with E-state index >= 15 is 0 Å². The molecule has 0 spiro atoms. The van der Waals surface area contributed by atoms with Crippen LogP contribution in [0.15, 0.2) is 170 Å². The lowest BCUT2D eigenvalue weighted by molar-refractivity contribution is 0.446. The summed E-state index contributed by atoms with van der Waals surface area (Å²) in [6.45, 7) is 31.5. The Bertz CT molecular complexity index is 4110. The largest absolute Gasteiger partial charge is 0.507 e. The van der Waals surface area contributed by atoms with E-state index in [0.29, 0.717) is 11.4 Å². The van der Waals surface area contributed by atoms with Gasteiger partial charge in [-0.05, 0) is 166 Å². The van der Waals surface area contributed by atoms with Gasteiger partial charge in [-0.2, -0.15) is 0 Å². The molecule has 0 atom stereocenters. The molecule has 4 nitrogen and oxygen atoms in total. The predicted molar refractivity (Wildman–Crippen MR) is 325 cm³/mol. The van der Waals surface area contributed by atoms with Gasteiger partial charge >= 0.3 is 0 Å². The Kier molecular flexibility index (Phi) is 12.1. The molecule has 11 rings (SSSR count). The molecule has 0 aliphatic carbocycles. The second-order valence-electron chi connectivity index (χ2n) is 25.4. The molecule has 9 aromatic carbocycles. The highest BCUT2D eigenvalue weighted by Gasteiger charge is 2.30. The van der Waals surface area contributed by atoms with E-state index in [9.17, 15) is 5.11 Å². The van der Waals surface area contributed by atoms with Gasteiger partial charge in [-0.1, -0.05) is 198 Å². The maximum absolute atomic E-state index is 12.7. The third-order valence-electron chi connectivity index (χ3n) is 15.8. The fourth-order valence-corrected chi connectivity index (χ4v) is 11.6. The molecule has 0 aliphatic rings. The monoisotopic (exact) mass is 994 g/mol. The maximum Gasteiger partial charge on any atom is 0.149 e. The van der Waals surface area contributed by atoms with Crippen LogP contribution in [0.3, 0.4) is 0 Å². The molecule has 0 bridgehead atoms. The van der Waals surface area contributed by atoms with E-state index in [0.717, 1.165) is 66.9 Å². The third-order valence-corrected chi connectivity index (χ3v) is 15.8. The highest BCUT2D eigenvalue weighted by Crippen LogP contribution is 2.47. The van der Waals surface area contributed by atoms with Crippen LogP contribution in [0, 0.1) is 13.8 Å². The van der Waals surface area contributed by atoms with Crippen LogP contribution in [0.1, 0.15) is 116 Å². The van der Waals surface area contributed by atoms with Crippen LogP contribution >= 0.6 is 0 Å². The Balaban J connectivity index is 1.16. The van der Waals surface area contributed by atoms with Crippen molar-refractivity contribution in [2.75, 3.05) is 0 Å². The zero-order valence-electron chi connectivity index (χ0n) is 47.0. The number of hydrogen-bond donors (Lipinski definition) is 1. The van der Waals surface area contributed by atoms with Gasteiger partial charge in [0.2, 0.25) is 0 Å². The number of para-hydroxylation sites is 1. The van der Waals surface area contributed by atoms with Crippen molar-refractivity contribution >= 4 is 43.4 Å². The topological polar surface area (TPSA) is 50.9 Å². The summed E-state index contributed by atoms with van der Waals surface area (Å²) in [6.07, 6.45) is 1.98. The van der Waals surface area contributed by atoms with E-state index in [4.69, 9.17) is 9.97 Å². The van der Waals surface area contributed by atoms with E-state index in [2.05, 4.69) is 265 Å². The summed E-state index contributed by atoms with van der Waals surface area (Å²) in [4.78, 5) is 10.9. The lowest BCUT2D eigenvalue weighted by atomic mass is 9.79. The van der Waals surface area contributed by atoms with Gasteiger partial charge in [0.05, 0.1) is 28.0 Å². The first-order chi connectivity index (χ1) is 36.0. The van der Waals surface area contributed by atoms with Gasteiger partial charge < -0.3 is 5.11 Å². The molecule has 0 radical (unpaired) electrons. The van der Waals surface area contributed by atoms with Gasteiger partial charge in [0.15, 0.2) is 0 Å². The second-order valence-corrected chi connectivity index (χ2v) is 25.4. The third kappa shape index (κ3) is 8.76. The molecule has 0 fully saturated rings. The smallest absolute Gasteiger partial charge is 0.149 e. The Morgan fingerprint density at radius 1 is 0.434 bits per heavy atom. The first-order valence-corrected chi connectivity index (χ1v) is 27.0. The van der Waals surface area contributed by atoms with Crippen molar-refractivity contribution in [3.8, 4) is 67.5 Å². The van der Waals surface area contributed by atoms with Gasteiger partial charge in [-0.15, -0.1) is 0 Å². The van der Waals surface area contributed by atoms with Crippen LogP contribution in [0.4, 0.5) is 0 Å². The first kappa shape index (κ1) is 50.3. The minimum Gasteiger partial charge on any atom is -0.507 e. The first-order valence-electron chi connectivity index (χ1n) is 27.0. The summed E-state index contributed by atoms with van der Waals surface area (Å²) in [5.41, 5.74) is 18.3. The number of benzene rings is 9. The van der Waals surface area contributed by atoms with Crippen LogP contribution < -0.4 is 0 Å². The zero-order valence-corrected chi connectivity index (χ0v) is 47.0. The van der Waals surface area contributed by atoms with E-state index < -0.39 is 0 Å². The number of hydrogen-bond acceptors (Lipinski definition) is 3. The van der Waals surface area contributed by atoms with Crippen molar-refractivity contribution in [1.82, 2.24) is 14.5 Å². The number of imidazole rings is 1. The minimum atomic E-state index is -0.338. The summed E-state index contributed by atoms with van der Waals surface area (Å²) < 4.78 is 2.31. The molecule has 0 aliphatic heterocycles. The zero-order chi connectivity index (χ0) is 53.8. The normalized spacial score (nSPS) is 12.7. The highest BCUT2D eigenvalue weighted by molar-refractivity contribution is 6.27. The number of nitrogens with zero attached hydrogens (tertiary/aromatic N) is 3. The molecule has 2 aromatic heterocycles. The number of phenols is 1. The summed E-state index contributed by atoms with van der Waals surface area (Å²) in [6, 6.07) is 60.0. The standard InChI is InChI=1S/C72H71N3O/c1-43-35-58-55-27-19-18-25-53(55)54-26-20-21-28-56(54)65(58)44(2)64(43)46-33-34-73-61(39-46)48-36-47(37-50(38-48)70(6,7)8)52-29-22-30-63-66(52)74-68(59-41-51(71(9,10)11)42-60(67(59)76)72(12,13)14)75(63)62-32-31-49(69(3,4)5)40-57(62)45-23-16-15-17-24-45/h15-42,76H,1-14H3. The molecule has 76 heavy (non-hydrogen) atoms. The number of aryl methyl sites for hydroxylation is 2. The quantitative estimate of drug-likeness (QED) is 0.169. The molecular formula is C72H71N3O.